The highest BCUT2D eigenvalue weighted by molar-refractivity contribution is 5.87. The number of nitrogens with one attached hydrogen (secondary N) is 1. The van der Waals surface area contributed by atoms with Crippen molar-refractivity contribution in [1.82, 2.24) is 5.32 Å². The summed E-state index contributed by atoms with van der Waals surface area (Å²) >= 11 is 0. The molecule has 0 bridgehead atoms. The first-order chi connectivity index (χ1) is 11.4. The molecule has 8 heteroatoms. The van der Waals surface area contributed by atoms with Crippen LogP contribution in [-0.2, 0) is 23.8 Å². The Morgan fingerprint density at radius 2 is 1.88 bits per heavy atom. The molecule has 0 aliphatic rings. The lowest BCUT2D eigenvalue weighted by molar-refractivity contribution is -0.142. The van der Waals surface area contributed by atoms with E-state index in [-0.39, 0.29) is 12.4 Å². The van der Waals surface area contributed by atoms with Crippen molar-refractivity contribution in [3.05, 3.63) is 41.6 Å². The zero-order valence-corrected chi connectivity index (χ0v) is 13.6. The molecule has 1 aromatic carbocycles. The van der Waals surface area contributed by atoms with Gasteiger partial charge in [0.1, 0.15) is 5.75 Å². The summed E-state index contributed by atoms with van der Waals surface area (Å²) in [5.41, 5.74) is 0.737. The van der Waals surface area contributed by atoms with Crippen LogP contribution in [0.2, 0.25) is 0 Å². The van der Waals surface area contributed by atoms with Gasteiger partial charge >= 0.3 is 18.1 Å². The Balaban J connectivity index is 3.00. The number of phenolic OH excluding ortho intramolecular Hbond substituents is 1. The van der Waals surface area contributed by atoms with Crippen LogP contribution in [0.15, 0.2) is 36.0 Å². The predicted molar refractivity (Wildman–Crippen MR) is 82.9 cm³/mol. The molecule has 0 fully saturated rings. The molecule has 24 heavy (non-hydrogen) atoms. The molecule has 0 aromatic heterocycles. The number of carbonyl (C=O) groups is 3. The maximum Gasteiger partial charge on any atom is 0.516 e. The van der Waals surface area contributed by atoms with Crippen LogP contribution in [0.25, 0.3) is 0 Å². The fourth-order valence-corrected chi connectivity index (χ4v) is 1.74. The van der Waals surface area contributed by atoms with E-state index in [1.807, 2.05) is 0 Å². The SMILES string of the molecule is CCOC(=O)OC(=O)[C@H](N/C(C)=C/C(=O)OC)c1ccc(O)cc1. The average Bonchev–Trinajstić information content (AvgIpc) is 2.53. The van der Waals surface area contributed by atoms with Gasteiger partial charge in [0, 0.05) is 11.8 Å². The molecule has 130 valence electrons. The van der Waals surface area contributed by atoms with Crippen LogP contribution in [0.5, 0.6) is 5.75 Å². The van der Waals surface area contributed by atoms with Gasteiger partial charge in [-0.3, -0.25) is 0 Å². The summed E-state index contributed by atoms with van der Waals surface area (Å²) in [6.45, 7) is 3.18. The van der Waals surface area contributed by atoms with Crippen molar-refractivity contribution in [1.29, 1.82) is 0 Å². The maximum atomic E-state index is 12.2. The third-order valence-corrected chi connectivity index (χ3v) is 2.82. The Kier molecular flexibility index (Phi) is 7.28. The number of benzene rings is 1. The molecule has 8 nitrogen and oxygen atoms in total. The number of phenols is 1. The fraction of sp³-hybridized carbons (Fsp3) is 0.312. The van der Waals surface area contributed by atoms with E-state index in [4.69, 9.17) is 0 Å². The fourth-order valence-electron chi connectivity index (χ4n) is 1.74. The molecule has 0 amide bonds. The van der Waals surface area contributed by atoms with E-state index in [1.54, 1.807) is 13.8 Å². The Hall–Kier alpha value is -3.03. The second-order valence-electron chi connectivity index (χ2n) is 4.62. The third kappa shape index (κ3) is 5.99. The second kappa shape index (κ2) is 9.19. The molecule has 0 radical (unpaired) electrons. The molecule has 0 aliphatic heterocycles. The van der Waals surface area contributed by atoms with E-state index in [9.17, 15) is 19.5 Å². The first kappa shape index (κ1) is 19.0. The minimum absolute atomic E-state index is 0.0121. The first-order valence-electron chi connectivity index (χ1n) is 7.07. The molecule has 0 heterocycles. The van der Waals surface area contributed by atoms with Crippen molar-refractivity contribution < 1.29 is 33.7 Å². The summed E-state index contributed by atoms with van der Waals surface area (Å²) in [5.74, 6) is -1.52. The second-order valence-corrected chi connectivity index (χ2v) is 4.62. The predicted octanol–water partition coefficient (Wildman–Crippen LogP) is 1.80. The standard InChI is InChI=1S/C16H19NO7/c1-4-23-16(21)24-15(20)14(11-5-7-12(18)8-6-11)17-10(2)9-13(19)22-3/h5-9,14,17-18H,4H2,1-3H3/b10-9+/t14-/m1/s1. The van der Waals surface area contributed by atoms with Crippen molar-refractivity contribution in [3.8, 4) is 5.75 Å². The first-order valence-corrected chi connectivity index (χ1v) is 7.07. The Morgan fingerprint density at radius 3 is 2.42 bits per heavy atom. The van der Waals surface area contributed by atoms with Crippen molar-refractivity contribution in [2.75, 3.05) is 13.7 Å². The number of ether oxygens (including phenoxy) is 3. The van der Waals surface area contributed by atoms with Gasteiger partial charge in [0.05, 0.1) is 13.7 Å². The van der Waals surface area contributed by atoms with Gasteiger partial charge in [0.2, 0.25) is 0 Å². The number of hydrogen-bond acceptors (Lipinski definition) is 8. The van der Waals surface area contributed by atoms with Gasteiger partial charge in [-0.05, 0) is 31.5 Å². The minimum Gasteiger partial charge on any atom is -0.508 e. The van der Waals surface area contributed by atoms with E-state index in [1.165, 1.54) is 31.4 Å². The quantitative estimate of drug-likeness (QED) is 0.459. The topological polar surface area (TPSA) is 111 Å². The van der Waals surface area contributed by atoms with Gasteiger partial charge in [-0.1, -0.05) is 12.1 Å². The largest absolute Gasteiger partial charge is 0.516 e. The normalized spacial score (nSPS) is 12.0. The van der Waals surface area contributed by atoms with Gasteiger partial charge in [-0.15, -0.1) is 0 Å². The van der Waals surface area contributed by atoms with Crippen LogP contribution >= 0.6 is 0 Å². The zero-order valence-electron chi connectivity index (χ0n) is 13.6. The highest BCUT2D eigenvalue weighted by Crippen LogP contribution is 2.19. The smallest absolute Gasteiger partial charge is 0.508 e. The molecule has 0 spiro atoms. The molecule has 2 N–H and O–H groups in total. The third-order valence-electron chi connectivity index (χ3n) is 2.82. The number of esters is 2. The highest BCUT2D eigenvalue weighted by atomic mass is 16.7. The number of carbonyl (C=O) groups excluding carboxylic acids is 3. The zero-order chi connectivity index (χ0) is 18.1. The van der Waals surface area contributed by atoms with E-state index in [0.29, 0.717) is 11.3 Å². The Bertz CT molecular complexity index is 622. The summed E-state index contributed by atoms with van der Waals surface area (Å²) in [7, 11) is 1.22. The van der Waals surface area contributed by atoms with Crippen LogP contribution in [-0.4, -0.2) is 36.9 Å². The van der Waals surface area contributed by atoms with E-state index in [2.05, 4.69) is 19.5 Å². The Morgan fingerprint density at radius 1 is 1.25 bits per heavy atom. The lowest BCUT2D eigenvalue weighted by atomic mass is 10.1. The molecule has 1 rings (SSSR count). The number of aromatic hydroxyl groups is 1. The highest BCUT2D eigenvalue weighted by Gasteiger charge is 2.25. The van der Waals surface area contributed by atoms with Gasteiger partial charge in [0.25, 0.3) is 0 Å². The van der Waals surface area contributed by atoms with Crippen LogP contribution < -0.4 is 5.32 Å². The molecule has 0 aliphatic carbocycles. The molecule has 1 aromatic rings. The van der Waals surface area contributed by atoms with E-state index >= 15 is 0 Å². The van der Waals surface area contributed by atoms with E-state index < -0.39 is 24.1 Å². The van der Waals surface area contributed by atoms with Crippen molar-refractivity contribution in [2.24, 2.45) is 0 Å². The molecular formula is C16H19NO7. The lowest BCUT2D eigenvalue weighted by Crippen LogP contribution is -2.31. The average molecular weight is 337 g/mol. The molecular weight excluding hydrogens is 318 g/mol. The summed E-state index contributed by atoms with van der Waals surface area (Å²) in [6.07, 6.45) is 0.0214. The number of hydrogen-bond donors (Lipinski definition) is 2. The van der Waals surface area contributed by atoms with E-state index in [0.717, 1.165) is 6.08 Å². The van der Waals surface area contributed by atoms with Crippen molar-refractivity contribution in [3.63, 3.8) is 0 Å². The summed E-state index contributed by atoms with van der Waals surface area (Å²) in [6, 6.07) is 4.62. The minimum atomic E-state index is -1.12. The molecule has 1 atom stereocenters. The van der Waals surface area contributed by atoms with Crippen molar-refractivity contribution >= 4 is 18.1 Å². The Labute approximate surface area is 139 Å². The van der Waals surface area contributed by atoms with Gasteiger partial charge in [0.15, 0.2) is 6.04 Å². The molecule has 0 unspecified atom stereocenters. The van der Waals surface area contributed by atoms with Gasteiger partial charge < -0.3 is 24.6 Å². The summed E-state index contributed by atoms with van der Waals surface area (Å²) in [4.78, 5) is 34.8. The summed E-state index contributed by atoms with van der Waals surface area (Å²) in [5, 5.41) is 12.1. The lowest BCUT2D eigenvalue weighted by Gasteiger charge is -2.18. The summed E-state index contributed by atoms with van der Waals surface area (Å²) < 4.78 is 13.7. The molecule has 0 saturated carbocycles. The maximum absolute atomic E-state index is 12.2. The molecule has 0 saturated heterocycles. The van der Waals surface area contributed by atoms with Crippen LogP contribution in [0.1, 0.15) is 25.5 Å². The van der Waals surface area contributed by atoms with Gasteiger partial charge in [-0.2, -0.15) is 0 Å². The van der Waals surface area contributed by atoms with Crippen LogP contribution in [0.4, 0.5) is 4.79 Å². The van der Waals surface area contributed by atoms with Crippen LogP contribution in [0.3, 0.4) is 0 Å². The van der Waals surface area contributed by atoms with Crippen LogP contribution in [0, 0.1) is 0 Å². The number of allylic oxidation sites excluding steroid dienone is 1. The van der Waals surface area contributed by atoms with Gasteiger partial charge in [-0.25, -0.2) is 14.4 Å². The number of rotatable bonds is 6. The monoisotopic (exact) mass is 337 g/mol. The number of methoxy groups -OCH3 is 1. The van der Waals surface area contributed by atoms with Crippen molar-refractivity contribution in [2.45, 2.75) is 19.9 Å².